The van der Waals surface area contributed by atoms with Crippen molar-refractivity contribution in [2.24, 2.45) is 5.92 Å². The van der Waals surface area contributed by atoms with Crippen molar-refractivity contribution in [1.82, 2.24) is 20.5 Å². The fourth-order valence-electron chi connectivity index (χ4n) is 2.52. The van der Waals surface area contributed by atoms with Gasteiger partial charge in [0, 0.05) is 39.3 Å². The highest BCUT2D eigenvalue weighted by molar-refractivity contribution is 7.13. The maximum absolute atomic E-state index is 12.3. The van der Waals surface area contributed by atoms with Crippen LogP contribution in [0.25, 0.3) is 0 Å². The molecule has 0 saturated carbocycles. The molecule has 1 aromatic heterocycles. The minimum Gasteiger partial charge on any atom is -0.350 e. The van der Waals surface area contributed by atoms with Gasteiger partial charge < -0.3 is 10.6 Å². The number of nitrogens with one attached hydrogen (secondary N) is 2. The molecule has 5 nitrogen and oxygen atoms in total. The van der Waals surface area contributed by atoms with E-state index in [1.165, 1.54) is 11.3 Å². The molecule has 0 bridgehead atoms. The van der Waals surface area contributed by atoms with E-state index >= 15 is 0 Å². The maximum Gasteiger partial charge on any atom is 0.263 e. The third kappa shape index (κ3) is 5.05. The van der Waals surface area contributed by atoms with E-state index in [2.05, 4.69) is 34.4 Å². The van der Waals surface area contributed by atoms with Crippen molar-refractivity contribution in [3.8, 4) is 0 Å². The normalized spacial score (nSPS) is 16.4. The van der Waals surface area contributed by atoms with E-state index in [4.69, 9.17) is 0 Å². The van der Waals surface area contributed by atoms with Crippen LogP contribution in [0.1, 0.15) is 34.2 Å². The first-order valence-corrected chi connectivity index (χ1v) is 8.55. The van der Waals surface area contributed by atoms with Crippen molar-refractivity contribution >= 4 is 17.2 Å². The molecule has 1 aliphatic heterocycles. The number of carbonyl (C=O) groups is 1. The fraction of sp³-hybridized carbons (Fsp3) is 0.733. The summed E-state index contributed by atoms with van der Waals surface area (Å²) in [4.78, 5) is 20.0. The van der Waals surface area contributed by atoms with Crippen molar-refractivity contribution in [3.63, 3.8) is 0 Å². The lowest BCUT2D eigenvalue weighted by molar-refractivity contribution is 0.0950. The van der Waals surface area contributed by atoms with Crippen molar-refractivity contribution in [3.05, 3.63) is 15.6 Å². The van der Waals surface area contributed by atoms with Crippen molar-refractivity contribution in [2.75, 3.05) is 39.3 Å². The summed E-state index contributed by atoms with van der Waals surface area (Å²) in [5, 5.41) is 7.35. The Morgan fingerprint density at radius 2 is 2.14 bits per heavy atom. The third-order valence-corrected chi connectivity index (χ3v) is 4.55. The van der Waals surface area contributed by atoms with Crippen LogP contribution in [0.3, 0.4) is 0 Å². The molecule has 21 heavy (non-hydrogen) atoms. The third-order valence-electron chi connectivity index (χ3n) is 3.54. The van der Waals surface area contributed by atoms with Crippen LogP contribution in [-0.2, 0) is 6.42 Å². The van der Waals surface area contributed by atoms with E-state index in [1.54, 1.807) is 0 Å². The molecule has 0 spiro atoms. The number of hydrogen-bond donors (Lipinski definition) is 2. The molecule has 1 amide bonds. The molecule has 1 saturated heterocycles. The van der Waals surface area contributed by atoms with Crippen molar-refractivity contribution in [1.29, 1.82) is 0 Å². The van der Waals surface area contributed by atoms with Gasteiger partial charge in [0.15, 0.2) is 0 Å². The monoisotopic (exact) mass is 310 g/mol. The molecule has 2 N–H and O–H groups in total. The van der Waals surface area contributed by atoms with Gasteiger partial charge in [-0.25, -0.2) is 4.98 Å². The molecule has 2 heterocycles. The quantitative estimate of drug-likeness (QED) is 0.831. The van der Waals surface area contributed by atoms with Gasteiger partial charge in [0.2, 0.25) is 0 Å². The SMILES string of the molecule is Cc1nc(CC(C)C)c(C(=O)NCCN2CCNCC2)s1. The second kappa shape index (κ2) is 7.87. The number of nitrogens with zero attached hydrogens (tertiary/aromatic N) is 2. The zero-order chi connectivity index (χ0) is 15.2. The lowest BCUT2D eigenvalue weighted by Crippen LogP contribution is -2.46. The highest BCUT2D eigenvalue weighted by Gasteiger charge is 2.17. The molecule has 0 aliphatic carbocycles. The van der Waals surface area contributed by atoms with Crippen LogP contribution in [0.2, 0.25) is 0 Å². The standard InChI is InChI=1S/C15H26N4OS/c1-11(2)10-13-14(21-12(3)18-13)15(20)17-6-9-19-7-4-16-5-8-19/h11,16H,4-10H2,1-3H3,(H,17,20). The van der Waals surface area contributed by atoms with Gasteiger partial charge in [0.1, 0.15) is 4.88 Å². The largest absolute Gasteiger partial charge is 0.350 e. The molecule has 0 atom stereocenters. The Morgan fingerprint density at radius 3 is 2.81 bits per heavy atom. The molecule has 0 aromatic carbocycles. The summed E-state index contributed by atoms with van der Waals surface area (Å²) in [6.45, 7) is 12.1. The van der Waals surface area contributed by atoms with Crippen LogP contribution in [0.4, 0.5) is 0 Å². The second-order valence-electron chi connectivity index (χ2n) is 5.95. The highest BCUT2D eigenvalue weighted by atomic mass is 32.1. The van der Waals surface area contributed by atoms with E-state index in [-0.39, 0.29) is 5.91 Å². The summed E-state index contributed by atoms with van der Waals surface area (Å²) in [5.41, 5.74) is 0.951. The average molecular weight is 310 g/mol. The van der Waals surface area contributed by atoms with E-state index < -0.39 is 0 Å². The van der Waals surface area contributed by atoms with Gasteiger partial charge in [-0.2, -0.15) is 0 Å². The summed E-state index contributed by atoms with van der Waals surface area (Å²) in [7, 11) is 0. The number of hydrogen-bond acceptors (Lipinski definition) is 5. The topological polar surface area (TPSA) is 57.3 Å². The predicted molar refractivity (Wildman–Crippen MR) is 87.0 cm³/mol. The first kappa shape index (κ1) is 16.4. The molecule has 0 unspecified atom stereocenters. The maximum atomic E-state index is 12.3. The van der Waals surface area contributed by atoms with Gasteiger partial charge in [-0.1, -0.05) is 13.8 Å². The van der Waals surface area contributed by atoms with Crippen LogP contribution in [0.15, 0.2) is 0 Å². The van der Waals surface area contributed by atoms with Crippen molar-refractivity contribution in [2.45, 2.75) is 27.2 Å². The summed E-state index contributed by atoms with van der Waals surface area (Å²) < 4.78 is 0. The van der Waals surface area contributed by atoms with Gasteiger partial charge in [0.25, 0.3) is 5.91 Å². The Kier molecular flexibility index (Phi) is 6.14. The Labute approximate surface area is 131 Å². The number of aromatic nitrogens is 1. The van der Waals surface area contributed by atoms with Crippen LogP contribution >= 0.6 is 11.3 Å². The highest BCUT2D eigenvalue weighted by Crippen LogP contribution is 2.20. The molecular formula is C15H26N4OS. The van der Waals surface area contributed by atoms with Crippen LogP contribution in [0, 0.1) is 12.8 Å². The Morgan fingerprint density at radius 1 is 1.43 bits per heavy atom. The molecule has 1 aromatic rings. The zero-order valence-corrected chi connectivity index (χ0v) is 14.1. The number of thiazole rings is 1. The first-order valence-electron chi connectivity index (χ1n) is 7.74. The van der Waals surface area contributed by atoms with Crippen LogP contribution < -0.4 is 10.6 Å². The van der Waals surface area contributed by atoms with E-state index in [0.717, 1.165) is 54.7 Å². The van der Waals surface area contributed by atoms with E-state index in [9.17, 15) is 4.79 Å². The number of piperazine rings is 1. The predicted octanol–water partition coefficient (Wildman–Crippen LogP) is 1.29. The summed E-state index contributed by atoms with van der Waals surface area (Å²) in [6, 6.07) is 0. The molecule has 6 heteroatoms. The Balaban J connectivity index is 1.84. The summed E-state index contributed by atoms with van der Waals surface area (Å²) in [6.07, 6.45) is 0.866. The summed E-state index contributed by atoms with van der Waals surface area (Å²) >= 11 is 1.50. The molecule has 2 rings (SSSR count). The number of aryl methyl sites for hydroxylation is 1. The van der Waals surface area contributed by atoms with Crippen LogP contribution in [-0.4, -0.2) is 55.1 Å². The first-order chi connectivity index (χ1) is 10.1. The minimum absolute atomic E-state index is 0.0337. The number of rotatable bonds is 6. The molecule has 1 fully saturated rings. The number of amides is 1. The molecule has 118 valence electrons. The fourth-order valence-corrected chi connectivity index (χ4v) is 3.38. The van der Waals surface area contributed by atoms with E-state index in [0.29, 0.717) is 12.5 Å². The number of carbonyl (C=O) groups excluding carboxylic acids is 1. The summed E-state index contributed by atoms with van der Waals surface area (Å²) in [5.74, 6) is 0.547. The lowest BCUT2D eigenvalue weighted by Gasteiger charge is -2.27. The van der Waals surface area contributed by atoms with Gasteiger partial charge >= 0.3 is 0 Å². The lowest BCUT2D eigenvalue weighted by atomic mass is 10.1. The van der Waals surface area contributed by atoms with Gasteiger partial charge in [-0.05, 0) is 19.3 Å². The van der Waals surface area contributed by atoms with Crippen LogP contribution in [0.5, 0.6) is 0 Å². The van der Waals surface area contributed by atoms with Crippen molar-refractivity contribution < 1.29 is 4.79 Å². The molecule has 1 aliphatic rings. The minimum atomic E-state index is 0.0337. The van der Waals surface area contributed by atoms with Gasteiger partial charge in [0.05, 0.1) is 10.7 Å². The molecule has 0 radical (unpaired) electrons. The molecular weight excluding hydrogens is 284 g/mol. The Bertz CT molecular complexity index is 466. The average Bonchev–Trinajstić information content (AvgIpc) is 2.80. The smallest absolute Gasteiger partial charge is 0.263 e. The Hall–Kier alpha value is -0.980. The van der Waals surface area contributed by atoms with Gasteiger partial charge in [-0.3, -0.25) is 9.69 Å². The zero-order valence-electron chi connectivity index (χ0n) is 13.2. The second-order valence-corrected chi connectivity index (χ2v) is 7.16. The van der Waals surface area contributed by atoms with E-state index in [1.807, 2.05) is 6.92 Å². The van der Waals surface area contributed by atoms with Gasteiger partial charge in [-0.15, -0.1) is 11.3 Å².